The van der Waals surface area contributed by atoms with E-state index in [1.165, 1.54) is 6.07 Å². The van der Waals surface area contributed by atoms with Gasteiger partial charge in [0, 0.05) is 7.05 Å². The van der Waals surface area contributed by atoms with Crippen molar-refractivity contribution in [1.82, 2.24) is 9.78 Å². The van der Waals surface area contributed by atoms with Crippen LogP contribution in [-0.4, -0.2) is 16.9 Å². The van der Waals surface area contributed by atoms with Gasteiger partial charge in [-0.2, -0.15) is 5.10 Å². The average Bonchev–Trinajstić information content (AvgIpc) is 2.73. The molecule has 0 saturated carbocycles. The van der Waals surface area contributed by atoms with Crippen molar-refractivity contribution in [2.75, 3.05) is 7.11 Å². The Morgan fingerprint density at radius 2 is 2.17 bits per heavy atom. The van der Waals surface area contributed by atoms with Crippen LogP contribution in [0, 0.1) is 12.7 Å². The van der Waals surface area contributed by atoms with Crippen LogP contribution in [0.2, 0.25) is 0 Å². The molecule has 2 N–H and O–H groups in total. The Morgan fingerprint density at radius 3 is 2.78 bits per heavy atom. The zero-order chi connectivity index (χ0) is 13.3. The second-order valence-electron chi connectivity index (χ2n) is 4.21. The molecule has 18 heavy (non-hydrogen) atoms. The molecule has 5 heteroatoms. The third-order valence-corrected chi connectivity index (χ3v) is 3.00. The molecule has 1 heterocycles. The van der Waals surface area contributed by atoms with Gasteiger partial charge in [0.05, 0.1) is 19.3 Å². The van der Waals surface area contributed by atoms with Crippen molar-refractivity contribution in [2.45, 2.75) is 13.0 Å². The van der Waals surface area contributed by atoms with Gasteiger partial charge in [-0.25, -0.2) is 4.39 Å². The van der Waals surface area contributed by atoms with E-state index in [0.29, 0.717) is 11.3 Å². The summed E-state index contributed by atoms with van der Waals surface area (Å²) >= 11 is 0. The molecule has 2 rings (SSSR count). The number of hydrogen-bond donors (Lipinski definition) is 1. The summed E-state index contributed by atoms with van der Waals surface area (Å²) in [6, 6.07) is 4.45. The highest BCUT2D eigenvalue weighted by molar-refractivity contribution is 5.37. The normalized spacial score (nSPS) is 12.5. The fourth-order valence-corrected chi connectivity index (χ4v) is 1.96. The minimum Gasteiger partial charge on any atom is -0.493 e. The first kappa shape index (κ1) is 12.6. The molecule has 4 nitrogen and oxygen atoms in total. The Balaban J connectivity index is 2.44. The van der Waals surface area contributed by atoms with Gasteiger partial charge in [0.2, 0.25) is 0 Å². The smallest absolute Gasteiger partial charge is 0.161 e. The van der Waals surface area contributed by atoms with Crippen LogP contribution in [0.3, 0.4) is 0 Å². The minimum absolute atomic E-state index is 0.233. The number of aryl methyl sites for hydroxylation is 2. The van der Waals surface area contributed by atoms with E-state index in [-0.39, 0.29) is 5.82 Å². The van der Waals surface area contributed by atoms with E-state index in [1.54, 1.807) is 44.1 Å². The maximum atomic E-state index is 13.2. The van der Waals surface area contributed by atoms with Crippen LogP contribution in [0.25, 0.3) is 0 Å². The molecule has 1 atom stereocenters. The van der Waals surface area contributed by atoms with Gasteiger partial charge in [0.25, 0.3) is 0 Å². The van der Waals surface area contributed by atoms with Crippen LogP contribution in [0.15, 0.2) is 24.4 Å². The Labute approximate surface area is 105 Å². The summed E-state index contributed by atoms with van der Waals surface area (Å²) in [6.45, 7) is 1.71. The van der Waals surface area contributed by atoms with Crippen molar-refractivity contribution < 1.29 is 9.13 Å². The van der Waals surface area contributed by atoms with Crippen molar-refractivity contribution >= 4 is 0 Å². The van der Waals surface area contributed by atoms with Crippen molar-refractivity contribution in [3.8, 4) is 5.75 Å². The number of ether oxygens (including phenoxy) is 1. The molecule has 1 aromatic heterocycles. The summed E-state index contributed by atoms with van der Waals surface area (Å²) in [4.78, 5) is 0. The predicted molar refractivity (Wildman–Crippen MR) is 66.9 cm³/mol. The van der Waals surface area contributed by atoms with Crippen LogP contribution in [0.5, 0.6) is 5.75 Å². The first-order chi connectivity index (χ1) is 8.54. The lowest BCUT2D eigenvalue weighted by molar-refractivity contribution is 0.406. The number of aromatic nitrogens is 2. The molecular weight excluding hydrogens is 233 g/mol. The number of nitrogens with two attached hydrogens (primary N) is 1. The quantitative estimate of drug-likeness (QED) is 0.904. The second kappa shape index (κ2) is 4.78. The van der Waals surface area contributed by atoms with Gasteiger partial charge in [-0.05, 0) is 24.1 Å². The number of halogens is 1. The number of methoxy groups -OCH3 is 1. The molecule has 96 valence electrons. The maximum Gasteiger partial charge on any atom is 0.161 e. The van der Waals surface area contributed by atoms with Gasteiger partial charge in [0.1, 0.15) is 11.5 Å². The molecule has 0 bridgehead atoms. The summed E-state index contributed by atoms with van der Waals surface area (Å²) in [6.07, 6.45) is 1.62. The van der Waals surface area contributed by atoms with Gasteiger partial charge in [0.15, 0.2) is 5.75 Å². The molecule has 0 amide bonds. The first-order valence-corrected chi connectivity index (χ1v) is 5.62. The Bertz CT molecular complexity index is 565. The maximum absolute atomic E-state index is 13.2. The molecule has 0 aliphatic rings. The first-order valence-electron chi connectivity index (χ1n) is 5.62. The monoisotopic (exact) mass is 249 g/mol. The van der Waals surface area contributed by atoms with Crippen LogP contribution in [0.1, 0.15) is 22.9 Å². The van der Waals surface area contributed by atoms with E-state index in [1.807, 2.05) is 0 Å². The van der Waals surface area contributed by atoms with Crippen LogP contribution >= 0.6 is 0 Å². The van der Waals surface area contributed by atoms with Gasteiger partial charge in [-0.3, -0.25) is 4.68 Å². The number of benzene rings is 1. The van der Waals surface area contributed by atoms with E-state index < -0.39 is 6.04 Å². The molecule has 0 aliphatic carbocycles. The molecule has 0 radical (unpaired) electrons. The fourth-order valence-electron chi connectivity index (χ4n) is 1.96. The van der Waals surface area contributed by atoms with E-state index in [4.69, 9.17) is 10.5 Å². The topological polar surface area (TPSA) is 53.1 Å². The Hall–Kier alpha value is -1.88. The lowest BCUT2D eigenvalue weighted by atomic mass is 10.0. The average molecular weight is 249 g/mol. The molecule has 0 spiro atoms. The number of hydrogen-bond acceptors (Lipinski definition) is 3. The number of rotatable bonds is 3. The van der Waals surface area contributed by atoms with E-state index >= 15 is 0 Å². The summed E-state index contributed by atoms with van der Waals surface area (Å²) in [5.41, 5.74) is 8.36. The Morgan fingerprint density at radius 1 is 1.44 bits per heavy atom. The van der Waals surface area contributed by atoms with E-state index in [9.17, 15) is 4.39 Å². The molecule has 0 saturated heterocycles. The standard InChI is InChI=1S/C13H16FN3O/c1-8-6-9(4-5-10(8)14)12(15)13-11(18-3)7-16-17(13)2/h4-7,12H,15H2,1-3H3. The summed E-state index contributed by atoms with van der Waals surface area (Å²) < 4.78 is 20.1. The molecule has 1 aromatic carbocycles. The van der Waals surface area contributed by atoms with Crippen molar-refractivity contribution in [3.63, 3.8) is 0 Å². The largest absolute Gasteiger partial charge is 0.493 e. The van der Waals surface area contributed by atoms with Gasteiger partial charge in [-0.15, -0.1) is 0 Å². The molecular formula is C13H16FN3O. The van der Waals surface area contributed by atoms with Crippen LogP contribution in [0.4, 0.5) is 4.39 Å². The lowest BCUT2D eigenvalue weighted by Gasteiger charge is -2.15. The highest BCUT2D eigenvalue weighted by Gasteiger charge is 2.19. The zero-order valence-corrected chi connectivity index (χ0v) is 10.6. The van der Waals surface area contributed by atoms with Crippen LogP contribution in [-0.2, 0) is 7.05 Å². The minimum atomic E-state index is -0.397. The number of nitrogens with zero attached hydrogens (tertiary/aromatic N) is 2. The SMILES string of the molecule is COc1cnn(C)c1C(N)c1ccc(F)c(C)c1. The van der Waals surface area contributed by atoms with Crippen LogP contribution < -0.4 is 10.5 Å². The fraction of sp³-hybridized carbons (Fsp3) is 0.308. The second-order valence-corrected chi connectivity index (χ2v) is 4.21. The van der Waals surface area contributed by atoms with Crippen molar-refractivity contribution in [3.05, 3.63) is 47.0 Å². The third-order valence-electron chi connectivity index (χ3n) is 3.00. The summed E-state index contributed by atoms with van der Waals surface area (Å²) in [5, 5.41) is 4.11. The molecule has 0 aliphatic heterocycles. The third kappa shape index (κ3) is 2.09. The zero-order valence-electron chi connectivity index (χ0n) is 10.6. The van der Waals surface area contributed by atoms with E-state index in [0.717, 1.165) is 11.3 Å². The molecule has 2 aromatic rings. The lowest BCUT2D eigenvalue weighted by Crippen LogP contribution is -2.17. The highest BCUT2D eigenvalue weighted by Crippen LogP contribution is 2.28. The summed E-state index contributed by atoms with van der Waals surface area (Å²) in [7, 11) is 3.37. The van der Waals surface area contributed by atoms with Gasteiger partial charge >= 0.3 is 0 Å². The molecule has 1 unspecified atom stereocenters. The predicted octanol–water partition coefficient (Wildman–Crippen LogP) is 1.92. The molecule has 0 fully saturated rings. The van der Waals surface area contributed by atoms with Crippen molar-refractivity contribution in [1.29, 1.82) is 0 Å². The Kier molecular flexibility index (Phi) is 3.34. The highest BCUT2D eigenvalue weighted by atomic mass is 19.1. The van der Waals surface area contributed by atoms with Gasteiger partial charge < -0.3 is 10.5 Å². The summed E-state index contributed by atoms with van der Waals surface area (Å²) in [5.74, 6) is 0.398. The van der Waals surface area contributed by atoms with Gasteiger partial charge in [-0.1, -0.05) is 12.1 Å². The van der Waals surface area contributed by atoms with Crippen molar-refractivity contribution in [2.24, 2.45) is 12.8 Å². The van der Waals surface area contributed by atoms with E-state index in [2.05, 4.69) is 5.10 Å².